The van der Waals surface area contributed by atoms with Gasteiger partial charge in [0.2, 0.25) is 0 Å². The van der Waals surface area contributed by atoms with Crippen LogP contribution in [-0.4, -0.2) is 28.0 Å². The van der Waals surface area contributed by atoms with Gasteiger partial charge in [0, 0.05) is 17.1 Å². The molecule has 1 aromatic carbocycles. The standard InChI is InChI=1S/C15H16N2O3/c1-2-5-13(15(19)20)17-14(18)11-6-3-8-12-10(11)7-4-9-16-12/h3-4,6-9,13H,2,5H2,1H3,(H,17,18)(H,19,20)/t13-/m1/s1. The summed E-state index contributed by atoms with van der Waals surface area (Å²) in [6, 6.07) is 7.91. The summed E-state index contributed by atoms with van der Waals surface area (Å²) in [4.78, 5) is 27.5. The number of rotatable bonds is 5. The molecule has 0 aliphatic heterocycles. The normalized spacial score (nSPS) is 12.1. The molecule has 2 rings (SSSR count). The first-order chi connectivity index (χ1) is 9.63. The van der Waals surface area contributed by atoms with E-state index < -0.39 is 12.0 Å². The molecule has 1 atom stereocenters. The molecule has 5 heteroatoms. The van der Waals surface area contributed by atoms with Crippen molar-refractivity contribution in [2.45, 2.75) is 25.8 Å². The Hall–Kier alpha value is -2.43. The molecule has 1 heterocycles. The lowest BCUT2D eigenvalue weighted by Gasteiger charge is -2.14. The van der Waals surface area contributed by atoms with Gasteiger partial charge < -0.3 is 10.4 Å². The molecule has 0 aliphatic rings. The van der Waals surface area contributed by atoms with Crippen molar-refractivity contribution in [3.63, 3.8) is 0 Å². The number of carbonyl (C=O) groups excluding carboxylic acids is 1. The van der Waals surface area contributed by atoms with Crippen molar-refractivity contribution in [3.05, 3.63) is 42.1 Å². The molecule has 0 unspecified atom stereocenters. The Balaban J connectivity index is 2.29. The number of nitrogens with zero attached hydrogens (tertiary/aromatic N) is 1. The van der Waals surface area contributed by atoms with E-state index in [-0.39, 0.29) is 5.91 Å². The molecular weight excluding hydrogens is 256 g/mol. The SMILES string of the molecule is CCC[C@@H](NC(=O)c1cccc2ncccc12)C(=O)O. The lowest BCUT2D eigenvalue weighted by molar-refractivity contribution is -0.139. The minimum Gasteiger partial charge on any atom is -0.480 e. The molecule has 2 N–H and O–H groups in total. The Labute approximate surface area is 116 Å². The summed E-state index contributed by atoms with van der Waals surface area (Å²) in [5.74, 6) is -1.40. The first kappa shape index (κ1) is 14.0. The second-order valence-electron chi connectivity index (χ2n) is 4.53. The number of carboxylic acids is 1. The highest BCUT2D eigenvalue weighted by molar-refractivity contribution is 6.07. The van der Waals surface area contributed by atoms with E-state index in [2.05, 4.69) is 10.3 Å². The van der Waals surface area contributed by atoms with Gasteiger partial charge in [0.1, 0.15) is 6.04 Å². The fourth-order valence-electron chi connectivity index (χ4n) is 2.08. The number of aliphatic carboxylic acids is 1. The topological polar surface area (TPSA) is 79.3 Å². The van der Waals surface area contributed by atoms with Crippen molar-refractivity contribution in [2.24, 2.45) is 0 Å². The van der Waals surface area contributed by atoms with Crippen molar-refractivity contribution in [2.75, 3.05) is 0 Å². The van der Waals surface area contributed by atoms with Gasteiger partial charge in [-0.05, 0) is 24.6 Å². The quantitative estimate of drug-likeness (QED) is 0.874. The number of amides is 1. The first-order valence-corrected chi connectivity index (χ1v) is 6.51. The number of pyridine rings is 1. The Kier molecular flexibility index (Phi) is 4.30. The molecule has 2 aromatic rings. The molecule has 0 fully saturated rings. The van der Waals surface area contributed by atoms with Crippen molar-refractivity contribution < 1.29 is 14.7 Å². The van der Waals surface area contributed by atoms with Gasteiger partial charge in [-0.2, -0.15) is 0 Å². The van der Waals surface area contributed by atoms with Crippen LogP contribution in [0.2, 0.25) is 0 Å². The lowest BCUT2D eigenvalue weighted by atomic mass is 10.1. The summed E-state index contributed by atoms with van der Waals surface area (Å²) in [6.45, 7) is 1.88. The molecule has 1 aromatic heterocycles. The van der Waals surface area contributed by atoms with E-state index in [0.29, 0.717) is 29.3 Å². The van der Waals surface area contributed by atoms with Crippen LogP contribution in [0.3, 0.4) is 0 Å². The molecule has 0 bridgehead atoms. The lowest BCUT2D eigenvalue weighted by Crippen LogP contribution is -2.40. The van der Waals surface area contributed by atoms with Crippen molar-refractivity contribution >= 4 is 22.8 Å². The number of fused-ring (bicyclic) bond motifs is 1. The minimum atomic E-state index is -1.02. The maximum Gasteiger partial charge on any atom is 0.326 e. The predicted molar refractivity (Wildman–Crippen MR) is 75.5 cm³/mol. The fourth-order valence-corrected chi connectivity index (χ4v) is 2.08. The highest BCUT2D eigenvalue weighted by atomic mass is 16.4. The van der Waals surface area contributed by atoms with Crippen LogP contribution in [0, 0.1) is 0 Å². The number of nitrogens with one attached hydrogen (secondary N) is 1. The number of hydrogen-bond acceptors (Lipinski definition) is 3. The van der Waals surface area contributed by atoms with Crippen LogP contribution >= 0.6 is 0 Å². The minimum absolute atomic E-state index is 0.385. The van der Waals surface area contributed by atoms with E-state index in [9.17, 15) is 9.59 Å². The number of hydrogen-bond donors (Lipinski definition) is 2. The Morgan fingerprint density at radius 2 is 2.10 bits per heavy atom. The third kappa shape index (κ3) is 2.93. The Morgan fingerprint density at radius 3 is 2.80 bits per heavy atom. The Morgan fingerprint density at radius 1 is 1.30 bits per heavy atom. The maximum atomic E-state index is 12.2. The van der Waals surface area contributed by atoms with Crippen LogP contribution in [0.1, 0.15) is 30.1 Å². The van der Waals surface area contributed by atoms with Crippen LogP contribution in [-0.2, 0) is 4.79 Å². The van der Waals surface area contributed by atoms with Crippen molar-refractivity contribution in [1.29, 1.82) is 0 Å². The third-order valence-corrected chi connectivity index (χ3v) is 3.07. The molecule has 0 radical (unpaired) electrons. The molecule has 0 aliphatic carbocycles. The van der Waals surface area contributed by atoms with Gasteiger partial charge in [-0.1, -0.05) is 25.5 Å². The summed E-state index contributed by atoms with van der Waals surface area (Å²) in [5, 5.41) is 12.4. The average Bonchev–Trinajstić information content (AvgIpc) is 2.46. The van der Waals surface area contributed by atoms with E-state index in [0.717, 1.165) is 0 Å². The third-order valence-electron chi connectivity index (χ3n) is 3.07. The van der Waals surface area contributed by atoms with Gasteiger partial charge in [-0.3, -0.25) is 9.78 Å². The average molecular weight is 272 g/mol. The van der Waals surface area contributed by atoms with Crippen LogP contribution < -0.4 is 5.32 Å². The zero-order valence-electron chi connectivity index (χ0n) is 11.2. The van der Waals surface area contributed by atoms with Crippen molar-refractivity contribution in [1.82, 2.24) is 10.3 Å². The predicted octanol–water partition coefficient (Wildman–Crippen LogP) is 2.22. The maximum absolute atomic E-state index is 12.2. The molecule has 20 heavy (non-hydrogen) atoms. The number of benzene rings is 1. The summed E-state index contributed by atoms with van der Waals surface area (Å²) >= 11 is 0. The molecule has 1 amide bonds. The van der Waals surface area contributed by atoms with E-state index in [1.807, 2.05) is 13.0 Å². The van der Waals surface area contributed by atoms with Crippen LogP contribution in [0.4, 0.5) is 0 Å². The molecule has 0 saturated heterocycles. The monoisotopic (exact) mass is 272 g/mol. The van der Waals surface area contributed by atoms with Gasteiger partial charge in [-0.25, -0.2) is 4.79 Å². The summed E-state index contributed by atoms with van der Waals surface area (Å²) in [6.07, 6.45) is 2.75. The Bertz CT molecular complexity index is 635. The second kappa shape index (κ2) is 6.14. The smallest absolute Gasteiger partial charge is 0.326 e. The van der Waals surface area contributed by atoms with Crippen LogP contribution in [0.25, 0.3) is 10.9 Å². The molecule has 5 nitrogen and oxygen atoms in total. The number of aromatic nitrogens is 1. The molecule has 104 valence electrons. The number of carboxylic acid groups (broad SMARTS) is 1. The molecular formula is C15H16N2O3. The first-order valence-electron chi connectivity index (χ1n) is 6.51. The van der Waals surface area contributed by atoms with Crippen LogP contribution in [0.15, 0.2) is 36.5 Å². The molecule has 0 saturated carbocycles. The zero-order chi connectivity index (χ0) is 14.5. The van der Waals surface area contributed by atoms with Gasteiger partial charge in [0.05, 0.1) is 5.52 Å². The largest absolute Gasteiger partial charge is 0.480 e. The zero-order valence-corrected chi connectivity index (χ0v) is 11.2. The summed E-state index contributed by atoms with van der Waals surface area (Å²) in [5.41, 5.74) is 1.15. The van der Waals surface area contributed by atoms with E-state index in [1.165, 1.54) is 0 Å². The van der Waals surface area contributed by atoms with Gasteiger partial charge in [0.15, 0.2) is 0 Å². The fraction of sp³-hybridized carbons (Fsp3) is 0.267. The van der Waals surface area contributed by atoms with Crippen LogP contribution in [0.5, 0.6) is 0 Å². The highest BCUT2D eigenvalue weighted by Crippen LogP contribution is 2.16. The molecule has 0 spiro atoms. The van der Waals surface area contributed by atoms with E-state index in [1.54, 1.807) is 30.5 Å². The highest BCUT2D eigenvalue weighted by Gasteiger charge is 2.20. The summed E-state index contributed by atoms with van der Waals surface area (Å²) in [7, 11) is 0. The van der Waals surface area contributed by atoms with Crippen molar-refractivity contribution in [3.8, 4) is 0 Å². The van der Waals surface area contributed by atoms with Gasteiger partial charge in [0.25, 0.3) is 5.91 Å². The number of carbonyl (C=O) groups is 2. The van der Waals surface area contributed by atoms with E-state index in [4.69, 9.17) is 5.11 Å². The van der Waals surface area contributed by atoms with E-state index >= 15 is 0 Å². The summed E-state index contributed by atoms with van der Waals surface area (Å²) < 4.78 is 0. The second-order valence-corrected chi connectivity index (χ2v) is 4.53. The van der Waals surface area contributed by atoms with Gasteiger partial charge >= 0.3 is 5.97 Å². The van der Waals surface area contributed by atoms with Gasteiger partial charge in [-0.15, -0.1) is 0 Å².